The van der Waals surface area contributed by atoms with Crippen molar-refractivity contribution in [1.29, 1.82) is 0 Å². The number of benzene rings is 1. The Morgan fingerprint density at radius 2 is 1.89 bits per heavy atom. The van der Waals surface area contributed by atoms with Crippen molar-refractivity contribution in [1.82, 2.24) is 4.90 Å². The molecule has 2 aliphatic rings. The number of aryl methyl sites for hydroxylation is 1. The quantitative estimate of drug-likeness (QED) is 0.618. The van der Waals surface area contributed by atoms with E-state index in [9.17, 15) is 10.1 Å². The molecular formula is C14H19N3O2. The minimum atomic E-state index is -0.332. The second-order valence-electron chi connectivity index (χ2n) is 5.48. The van der Waals surface area contributed by atoms with Crippen LogP contribution in [0.15, 0.2) is 18.2 Å². The van der Waals surface area contributed by atoms with Crippen LogP contribution in [-0.2, 0) is 0 Å². The van der Waals surface area contributed by atoms with Crippen LogP contribution in [0.3, 0.4) is 0 Å². The summed E-state index contributed by atoms with van der Waals surface area (Å²) in [6, 6.07) is 6.00. The first kappa shape index (κ1) is 12.4. The Balaban J connectivity index is 1.70. The van der Waals surface area contributed by atoms with Gasteiger partial charge >= 0.3 is 0 Å². The summed E-state index contributed by atoms with van der Waals surface area (Å²) in [4.78, 5) is 15.3. The molecule has 2 fully saturated rings. The van der Waals surface area contributed by atoms with E-state index in [1.54, 1.807) is 12.1 Å². The van der Waals surface area contributed by atoms with Crippen molar-refractivity contribution in [3.8, 4) is 0 Å². The number of anilines is 1. The number of hydrogen-bond acceptors (Lipinski definition) is 4. The smallest absolute Gasteiger partial charge is 0.269 e. The van der Waals surface area contributed by atoms with E-state index in [1.807, 2.05) is 13.0 Å². The van der Waals surface area contributed by atoms with Gasteiger partial charge in [0, 0.05) is 50.0 Å². The molecule has 0 spiro atoms. The summed E-state index contributed by atoms with van der Waals surface area (Å²) in [6.07, 6.45) is 2.72. The molecule has 102 valence electrons. The van der Waals surface area contributed by atoms with Crippen LogP contribution >= 0.6 is 0 Å². The summed E-state index contributed by atoms with van der Waals surface area (Å²) < 4.78 is 0. The molecule has 5 nitrogen and oxygen atoms in total. The Bertz CT molecular complexity index is 491. The van der Waals surface area contributed by atoms with E-state index in [-0.39, 0.29) is 10.6 Å². The summed E-state index contributed by atoms with van der Waals surface area (Å²) >= 11 is 0. The zero-order valence-corrected chi connectivity index (χ0v) is 11.2. The summed E-state index contributed by atoms with van der Waals surface area (Å²) in [5, 5.41) is 10.8. The van der Waals surface area contributed by atoms with Gasteiger partial charge in [0.15, 0.2) is 0 Å². The van der Waals surface area contributed by atoms with E-state index in [4.69, 9.17) is 0 Å². The Labute approximate surface area is 113 Å². The van der Waals surface area contributed by atoms with Gasteiger partial charge in [0.1, 0.15) is 0 Å². The minimum Gasteiger partial charge on any atom is -0.369 e. The van der Waals surface area contributed by atoms with Crippen molar-refractivity contribution in [2.45, 2.75) is 25.8 Å². The maximum Gasteiger partial charge on any atom is 0.269 e. The summed E-state index contributed by atoms with van der Waals surface area (Å²) in [5.74, 6) is 0. The molecule has 0 bridgehead atoms. The lowest BCUT2D eigenvalue weighted by molar-refractivity contribution is -0.384. The molecule has 1 heterocycles. The van der Waals surface area contributed by atoms with E-state index < -0.39 is 0 Å². The van der Waals surface area contributed by atoms with Gasteiger partial charge in [-0.05, 0) is 31.4 Å². The van der Waals surface area contributed by atoms with Crippen molar-refractivity contribution in [3.63, 3.8) is 0 Å². The highest BCUT2D eigenvalue weighted by molar-refractivity contribution is 5.57. The zero-order chi connectivity index (χ0) is 13.4. The predicted octanol–water partition coefficient (Wildman–Crippen LogP) is 2.19. The normalized spacial score (nSPS) is 20.6. The number of hydrogen-bond donors (Lipinski definition) is 0. The molecule has 1 saturated carbocycles. The Hall–Kier alpha value is -1.62. The van der Waals surface area contributed by atoms with E-state index in [2.05, 4.69) is 9.80 Å². The second-order valence-corrected chi connectivity index (χ2v) is 5.48. The van der Waals surface area contributed by atoms with Crippen LogP contribution in [0.1, 0.15) is 18.4 Å². The molecule has 1 aliphatic heterocycles. The minimum absolute atomic E-state index is 0.179. The Kier molecular flexibility index (Phi) is 3.14. The average Bonchev–Trinajstić information content (AvgIpc) is 3.23. The summed E-state index contributed by atoms with van der Waals surface area (Å²) in [7, 11) is 0. The fourth-order valence-electron chi connectivity index (χ4n) is 2.88. The van der Waals surface area contributed by atoms with Crippen molar-refractivity contribution >= 4 is 11.4 Å². The summed E-state index contributed by atoms with van der Waals surface area (Å²) in [6.45, 7) is 6.22. The van der Waals surface area contributed by atoms with E-state index in [0.717, 1.165) is 43.5 Å². The molecule has 1 aliphatic carbocycles. The maximum atomic E-state index is 10.8. The lowest BCUT2D eigenvalue weighted by Crippen LogP contribution is -2.47. The van der Waals surface area contributed by atoms with E-state index in [1.165, 1.54) is 12.8 Å². The molecule has 5 heteroatoms. The molecule has 1 saturated heterocycles. The SMILES string of the molecule is Cc1cc([N+](=O)[O-])ccc1N1CCN(C2CC2)CC1. The fraction of sp³-hybridized carbons (Fsp3) is 0.571. The van der Waals surface area contributed by atoms with Gasteiger partial charge < -0.3 is 4.90 Å². The lowest BCUT2D eigenvalue weighted by atomic mass is 10.1. The average molecular weight is 261 g/mol. The van der Waals surface area contributed by atoms with Gasteiger partial charge in [0.25, 0.3) is 5.69 Å². The Morgan fingerprint density at radius 1 is 1.21 bits per heavy atom. The van der Waals surface area contributed by atoms with Crippen LogP contribution in [0.5, 0.6) is 0 Å². The second kappa shape index (κ2) is 4.81. The molecule has 0 aromatic heterocycles. The van der Waals surface area contributed by atoms with Gasteiger partial charge in [-0.3, -0.25) is 15.0 Å². The number of rotatable bonds is 3. The number of nitrogens with zero attached hydrogens (tertiary/aromatic N) is 3. The molecule has 0 N–H and O–H groups in total. The van der Waals surface area contributed by atoms with Crippen molar-refractivity contribution in [2.24, 2.45) is 0 Å². The van der Waals surface area contributed by atoms with Crippen LogP contribution in [0.25, 0.3) is 0 Å². The molecule has 0 radical (unpaired) electrons. The first-order valence-electron chi connectivity index (χ1n) is 6.89. The molecule has 1 aromatic rings. The van der Waals surface area contributed by atoms with Crippen molar-refractivity contribution in [2.75, 3.05) is 31.1 Å². The molecule has 0 atom stereocenters. The lowest BCUT2D eigenvalue weighted by Gasteiger charge is -2.36. The van der Waals surface area contributed by atoms with Crippen molar-refractivity contribution in [3.05, 3.63) is 33.9 Å². The molecule has 1 aromatic carbocycles. The molecule has 0 amide bonds. The molecule has 19 heavy (non-hydrogen) atoms. The zero-order valence-electron chi connectivity index (χ0n) is 11.2. The largest absolute Gasteiger partial charge is 0.369 e. The molecule has 0 unspecified atom stereocenters. The third kappa shape index (κ3) is 2.56. The van der Waals surface area contributed by atoms with E-state index in [0.29, 0.717) is 0 Å². The van der Waals surface area contributed by atoms with Gasteiger partial charge in [-0.1, -0.05) is 0 Å². The van der Waals surface area contributed by atoms with Gasteiger partial charge in [0.05, 0.1) is 4.92 Å². The van der Waals surface area contributed by atoms with Crippen LogP contribution in [0, 0.1) is 17.0 Å². The number of non-ortho nitro benzene ring substituents is 1. The summed E-state index contributed by atoms with van der Waals surface area (Å²) in [5.41, 5.74) is 2.31. The highest BCUT2D eigenvalue weighted by Crippen LogP contribution is 2.30. The Morgan fingerprint density at radius 3 is 2.42 bits per heavy atom. The monoisotopic (exact) mass is 261 g/mol. The highest BCUT2D eigenvalue weighted by atomic mass is 16.6. The van der Waals surface area contributed by atoms with Gasteiger partial charge in [-0.25, -0.2) is 0 Å². The third-order valence-electron chi connectivity index (χ3n) is 4.11. The number of nitro benzene ring substituents is 1. The maximum absolute atomic E-state index is 10.8. The molecular weight excluding hydrogens is 242 g/mol. The van der Waals surface area contributed by atoms with Crippen LogP contribution in [0.2, 0.25) is 0 Å². The number of nitro groups is 1. The number of piperazine rings is 1. The van der Waals surface area contributed by atoms with Crippen LogP contribution in [0.4, 0.5) is 11.4 Å². The fourth-order valence-corrected chi connectivity index (χ4v) is 2.88. The van der Waals surface area contributed by atoms with Crippen LogP contribution in [-0.4, -0.2) is 42.0 Å². The third-order valence-corrected chi connectivity index (χ3v) is 4.11. The topological polar surface area (TPSA) is 49.6 Å². The standard InChI is InChI=1S/C14H19N3O2/c1-11-10-13(17(18)19)4-5-14(11)16-8-6-15(7-9-16)12-2-3-12/h4-5,10,12H,2-3,6-9H2,1H3. The van der Waals surface area contributed by atoms with Gasteiger partial charge in [-0.2, -0.15) is 0 Å². The molecule has 3 rings (SSSR count). The van der Waals surface area contributed by atoms with Crippen molar-refractivity contribution < 1.29 is 4.92 Å². The highest BCUT2D eigenvalue weighted by Gasteiger charge is 2.31. The van der Waals surface area contributed by atoms with E-state index >= 15 is 0 Å². The van der Waals surface area contributed by atoms with Gasteiger partial charge in [0.2, 0.25) is 0 Å². The first-order valence-corrected chi connectivity index (χ1v) is 6.89. The van der Waals surface area contributed by atoms with Crippen LogP contribution < -0.4 is 4.90 Å². The first-order chi connectivity index (χ1) is 9.15. The van der Waals surface area contributed by atoms with Gasteiger partial charge in [-0.15, -0.1) is 0 Å². The predicted molar refractivity (Wildman–Crippen MR) is 74.6 cm³/mol.